The molecule has 1 amide bonds. The van der Waals surface area contributed by atoms with Gasteiger partial charge in [0, 0.05) is 7.05 Å². The number of nitrogens with two attached hydrogens (primary N) is 1. The lowest BCUT2D eigenvalue weighted by Crippen LogP contribution is -2.21. The fraction of sp³-hybridized carbons (Fsp3) is 0.273. The molecule has 0 radical (unpaired) electrons. The summed E-state index contributed by atoms with van der Waals surface area (Å²) in [4.78, 5) is 19.4. The van der Waals surface area contributed by atoms with Crippen molar-refractivity contribution in [1.82, 2.24) is 15.3 Å². The first-order valence-corrected chi connectivity index (χ1v) is 5.93. The third-order valence-electron chi connectivity index (χ3n) is 2.16. The molecule has 7 nitrogen and oxygen atoms in total. The van der Waals surface area contributed by atoms with Gasteiger partial charge in [-0.25, -0.2) is 9.97 Å². The molecular formula is C11H15ClN6O. The summed E-state index contributed by atoms with van der Waals surface area (Å²) in [5.74, 6) is -0.640. The van der Waals surface area contributed by atoms with Gasteiger partial charge < -0.3 is 16.4 Å². The van der Waals surface area contributed by atoms with Gasteiger partial charge in [0.15, 0.2) is 16.7 Å². The van der Waals surface area contributed by atoms with Crippen molar-refractivity contribution in [1.29, 1.82) is 5.41 Å². The molecule has 0 bridgehead atoms. The number of hydrogen-bond acceptors (Lipinski definition) is 5. The summed E-state index contributed by atoms with van der Waals surface area (Å²) < 4.78 is 0. The number of carbonyl (C=O) groups is 1. The molecule has 102 valence electrons. The molecule has 19 heavy (non-hydrogen) atoms. The molecule has 8 heteroatoms. The minimum absolute atomic E-state index is 0.0199. The van der Waals surface area contributed by atoms with Gasteiger partial charge in [-0.05, 0) is 18.7 Å². The molecule has 1 heterocycles. The van der Waals surface area contributed by atoms with Crippen LogP contribution in [0.2, 0.25) is 5.15 Å². The lowest BCUT2D eigenvalue weighted by molar-refractivity contribution is 0.0996. The van der Waals surface area contributed by atoms with E-state index in [2.05, 4.69) is 20.6 Å². The van der Waals surface area contributed by atoms with E-state index in [-0.39, 0.29) is 22.5 Å². The first-order chi connectivity index (χ1) is 8.99. The lowest BCUT2D eigenvalue weighted by atomic mass is 10.3. The zero-order chi connectivity index (χ0) is 14.4. The fourth-order valence-corrected chi connectivity index (χ4v) is 1.53. The number of halogens is 1. The first-order valence-electron chi connectivity index (χ1n) is 5.55. The maximum absolute atomic E-state index is 11.3. The van der Waals surface area contributed by atoms with Crippen molar-refractivity contribution < 1.29 is 4.79 Å². The maximum Gasteiger partial charge on any atom is 0.271 e. The quantitative estimate of drug-likeness (QED) is 0.473. The van der Waals surface area contributed by atoms with Crippen LogP contribution in [0.25, 0.3) is 0 Å². The molecule has 0 atom stereocenters. The van der Waals surface area contributed by atoms with E-state index in [4.69, 9.17) is 22.7 Å². The van der Waals surface area contributed by atoms with Crippen molar-refractivity contribution >= 4 is 29.2 Å². The van der Waals surface area contributed by atoms with Crippen LogP contribution in [-0.4, -0.2) is 28.8 Å². The van der Waals surface area contributed by atoms with Crippen molar-refractivity contribution in [2.45, 2.75) is 13.3 Å². The summed E-state index contributed by atoms with van der Waals surface area (Å²) in [6, 6.07) is 0. The number of aryl methyl sites for hydroxylation is 1. The van der Waals surface area contributed by atoms with Crippen molar-refractivity contribution in [3.8, 4) is 0 Å². The number of hydrogen-bond donors (Lipinski definition) is 4. The topological polar surface area (TPSA) is 117 Å². The van der Waals surface area contributed by atoms with Gasteiger partial charge in [0.05, 0.1) is 5.69 Å². The monoisotopic (exact) mass is 282 g/mol. The molecule has 1 aromatic rings. The van der Waals surface area contributed by atoms with E-state index in [1.807, 2.05) is 6.92 Å². The van der Waals surface area contributed by atoms with Crippen LogP contribution in [0, 0.1) is 5.41 Å². The van der Waals surface area contributed by atoms with Crippen LogP contribution in [-0.2, 0) is 6.42 Å². The molecule has 0 fully saturated rings. The van der Waals surface area contributed by atoms with Gasteiger partial charge in [-0.3, -0.25) is 10.2 Å². The van der Waals surface area contributed by atoms with E-state index in [0.717, 1.165) is 0 Å². The highest BCUT2D eigenvalue weighted by Gasteiger charge is 2.16. The van der Waals surface area contributed by atoms with E-state index < -0.39 is 5.91 Å². The second-order valence-electron chi connectivity index (χ2n) is 3.54. The molecule has 0 saturated carbocycles. The van der Waals surface area contributed by atoms with Gasteiger partial charge in [-0.15, -0.1) is 0 Å². The molecule has 0 aliphatic carbocycles. The Morgan fingerprint density at radius 2 is 2.21 bits per heavy atom. The highest BCUT2D eigenvalue weighted by Crippen LogP contribution is 2.18. The largest absolute Gasteiger partial charge is 0.394 e. The molecule has 0 aliphatic heterocycles. The zero-order valence-corrected chi connectivity index (χ0v) is 11.4. The normalized spacial score (nSPS) is 10.5. The minimum Gasteiger partial charge on any atom is -0.394 e. The third-order valence-corrected chi connectivity index (χ3v) is 2.46. The summed E-state index contributed by atoms with van der Waals surface area (Å²) in [7, 11) is 1.70. The number of nitrogens with one attached hydrogen (secondary N) is 3. The fourth-order valence-electron chi connectivity index (χ4n) is 1.27. The van der Waals surface area contributed by atoms with E-state index in [9.17, 15) is 4.79 Å². The molecule has 1 aromatic heterocycles. The number of anilines is 1. The Morgan fingerprint density at radius 3 is 2.74 bits per heavy atom. The van der Waals surface area contributed by atoms with Crippen molar-refractivity contribution in [3.05, 3.63) is 28.8 Å². The Kier molecular flexibility index (Phi) is 5.25. The Labute approximate surface area is 115 Å². The number of aromatic nitrogens is 2. The Balaban J connectivity index is 3.12. The van der Waals surface area contributed by atoms with Crippen molar-refractivity contribution in [3.63, 3.8) is 0 Å². The molecule has 0 aromatic carbocycles. The van der Waals surface area contributed by atoms with Gasteiger partial charge in [0.25, 0.3) is 5.91 Å². The van der Waals surface area contributed by atoms with Crippen molar-refractivity contribution in [2.75, 3.05) is 12.4 Å². The van der Waals surface area contributed by atoms with Crippen molar-refractivity contribution in [2.24, 2.45) is 5.73 Å². The zero-order valence-electron chi connectivity index (χ0n) is 10.6. The number of rotatable bonds is 5. The molecule has 0 unspecified atom stereocenters. The minimum atomic E-state index is -0.730. The van der Waals surface area contributed by atoms with Crippen LogP contribution < -0.4 is 16.4 Å². The first kappa shape index (κ1) is 14.9. The number of nitrogens with zero attached hydrogens (tertiary/aromatic N) is 2. The number of amidine groups is 1. The SMILES string of the molecule is CCc1nc(C(N)=O)c(NC(=N)/C=C\NC)nc1Cl. The summed E-state index contributed by atoms with van der Waals surface area (Å²) in [6.07, 6.45) is 3.53. The molecule has 1 rings (SSSR count). The van der Waals surface area contributed by atoms with E-state index in [1.165, 1.54) is 6.08 Å². The lowest BCUT2D eigenvalue weighted by Gasteiger charge is -2.10. The standard InChI is InChI=1S/C11H15ClN6O/c1-3-6-9(12)18-11(8(16-6)10(14)19)17-7(13)4-5-15-2/h4-5,15H,3H2,1-2H3,(H2,14,19)(H2,13,17,18)/b5-4-. The summed E-state index contributed by atoms with van der Waals surface area (Å²) in [5, 5.41) is 13.2. The maximum atomic E-state index is 11.3. The highest BCUT2D eigenvalue weighted by atomic mass is 35.5. The summed E-state index contributed by atoms with van der Waals surface area (Å²) in [5.41, 5.74) is 5.69. The van der Waals surface area contributed by atoms with Crippen LogP contribution in [0.15, 0.2) is 12.3 Å². The van der Waals surface area contributed by atoms with Gasteiger partial charge >= 0.3 is 0 Å². The Morgan fingerprint density at radius 1 is 1.53 bits per heavy atom. The van der Waals surface area contributed by atoms with Crippen LogP contribution in [0.5, 0.6) is 0 Å². The number of primary amides is 1. The predicted octanol–water partition coefficient (Wildman–Crippen LogP) is 0.914. The summed E-state index contributed by atoms with van der Waals surface area (Å²) >= 11 is 5.93. The molecular weight excluding hydrogens is 268 g/mol. The average molecular weight is 283 g/mol. The third kappa shape index (κ3) is 3.92. The molecule has 0 spiro atoms. The molecule has 0 saturated heterocycles. The van der Waals surface area contributed by atoms with Crippen LogP contribution in [0.1, 0.15) is 23.1 Å². The highest BCUT2D eigenvalue weighted by molar-refractivity contribution is 6.30. The second kappa shape index (κ2) is 6.69. The summed E-state index contributed by atoms with van der Waals surface area (Å²) in [6.45, 7) is 1.84. The predicted molar refractivity (Wildman–Crippen MR) is 74.5 cm³/mol. The average Bonchev–Trinajstić information content (AvgIpc) is 2.36. The molecule has 0 aliphatic rings. The van der Waals surface area contributed by atoms with Gasteiger partial charge in [0.2, 0.25) is 0 Å². The van der Waals surface area contributed by atoms with Gasteiger partial charge in [-0.1, -0.05) is 18.5 Å². The second-order valence-corrected chi connectivity index (χ2v) is 3.89. The van der Waals surface area contributed by atoms with Crippen LogP contribution in [0.4, 0.5) is 5.82 Å². The van der Waals surface area contributed by atoms with E-state index in [1.54, 1.807) is 13.2 Å². The van der Waals surface area contributed by atoms with Gasteiger partial charge in [-0.2, -0.15) is 0 Å². The van der Waals surface area contributed by atoms with Crippen LogP contribution >= 0.6 is 11.6 Å². The van der Waals surface area contributed by atoms with E-state index in [0.29, 0.717) is 12.1 Å². The Hall–Kier alpha value is -2.15. The number of carbonyl (C=O) groups excluding carboxylic acids is 1. The number of amides is 1. The molecule has 5 N–H and O–H groups in total. The van der Waals surface area contributed by atoms with E-state index >= 15 is 0 Å². The smallest absolute Gasteiger partial charge is 0.271 e. The van der Waals surface area contributed by atoms with Crippen LogP contribution in [0.3, 0.4) is 0 Å². The Bertz CT molecular complexity index is 528. The van der Waals surface area contributed by atoms with Gasteiger partial charge in [0.1, 0.15) is 5.84 Å².